The van der Waals surface area contributed by atoms with Crippen LogP contribution in [0.1, 0.15) is 51.6 Å². The zero-order chi connectivity index (χ0) is 21.3. The van der Waals surface area contributed by atoms with Crippen LogP contribution in [0, 0.1) is 5.92 Å². The SMILES string of the molecule is COc1cc(C(=O)N2CC(O)CC2c2cccc(C(=O)NCC3CC3)c2)ccc1Br. The van der Waals surface area contributed by atoms with Gasteiger partial charge in [-0.3, -0.25) is 9.59 Å². The molecule has 2 amide bonds. The average molecular weight is 473 g/mol. The predicted molar refractivity (Wildman–Crippen MR) is 117 cm³/mol. The number of aliphatic hydroxyl groups excluding tert-OH is 1. The van der Waals surface area contributed by atoms with Crippen LogP contribution in [0.25, 0.3) is 0 Å². The van der Waals surface area contributed by atoms with Gasteiger partial charge in [0, 0.05) is 24.2 Å². The summed E-state index contributed by atoms with van der Waals surface area (Å²) in [7, 11) is 1.55. The van der Waals surface area contributed by atoms with Crippen LogP contribution >= 0.6 is 15.9 Å². The minimum absolute atomic E-state index is 0.0992. The number of carbonyl (C=O) groups is 2. The zero-order valence-electron chi connectivity index (χ0n) is 16.8. The summed E-state index contributed by atoms with van der Waals surface area (Å²) in [6.45, 7) is 0.960. The highest BCUT2D eigenvalue weighted by Crippen LogP contribution is 2.35. The van der Waals surface area contributed by atoms with Crippen LogP contribution in [0.5, 0.6) is 5.75 Å². The van der Waals surface area contributed by atoms with Crippen LogP contribution in [0.4, 0.5) is 0 Å². The molecule has 6 nitrogen and oxygen atoms in total. The summed E-state index contributed by atoms with van der Waals surface area (Å²) >= 11 is 3.40. The lowest BCUT2D eigenvalue weighted by molar-refractivity contribution is 0.0715. The molecule has 30 heavy (non-hydrogen) atoms. The molecular formula is C23H25BrN2O4. The van der Waals surface area contributed by atoms with Crippen molar-refractivity contribution in [1.29, 1.82) is 0 Å². The number of hydrogen-bond donors (Lipinski definition) is 2. The van der Waals surface area contributed by atoms with Gasteiger partial charge in [-0.1, -0.05) is 12.1 Å². The second kappa shape index (κ2) is 8.78. The van der Waals surface area contributed by atoms with E-state index < -0.39 is 6.10 Å². The molecule has 0 spiro atoms. The number of rotatable bonds is 6. The second-order valence-corrected chi connectivity index (χ2v) is 8.85. The fourth-order valence-electron chi connectivity index (χ4n) is 3.86. The molecule has 7 heteroatoms. The van der Waals surface area contributed by atoms with E-state index in [-0.39, 0.29) is 24.4 Å². The lowest BCUT2D eigenvalue weighted by atomic mass is 10.0. The highest BCUT2D eigenvalue weighted by molar-refractivity contribution is 9.10. The number of hydrogen-bond acceptors (Lipinski definition) is 4. The predicted octanol–water partition coefficient (Wildman–Crippen LogP) is 3.55. The molecule has 158 valence electrons. The highest BCUT2D eigenvalue weighted by Gasteiger charge is 2.36. The molecule has 2 atom stereocenters. The third-order valence-electron chi connectivity index (χ3n) is 5.72. The maximum absolute atomic E-state index is 13.2. The van der Waals surface area contributed by atoms with Crippen molar-refractivity contribution in [3.8, 4) is 5.75 Å². The maximum atomic E-state index is 13.2. The van der Waals surface area contributed by atoms with Gasteiger partial charge in [0.25, 0.3) is 11.8 Å². The Morgan fingerprint density at radius 2 is 2.00 bits per heavy atom. The minimum Gasteiger partial charge on any atom is -0.496 e. The first kappa shape index (κ1) is 20.9. The fourth-order valence-corrected chi connectivity index (χ4v) is 4.27. The van der Waals surface area contributed by atoms with Crippen molar-refractivity contribution in [2.45, 2.75) is 31.4 Å². The van der Waals surface area contributed by atoms with Crippen LogP contribution in [0.2, 0.25) is 0 Å². The third kappa shape index (κ3) is 4.52. The molecule has 2 aromatic carbocycles. The van der Waals surface area contributed by atoms with E-state index in [0.29, 0.717) is 35.8 Å². The van der Waals surface area contributed by atoms with Crippen LogP contribution < -0.4 is 10.1 Å². The molecule has 2 unspecified atom stereocenters. The lowest BCUT2D eigenvalue weighted by Gasteiger charge is -2.25. The second-order valence-electron chi connectivity index (χ2n) is 7.99. The molecule has 2 aromatic rings. The Labute approximate surface area is 184 Å². The summed E-state index contributed by atoms with van der Waals surface area (Å²) in [5.41, 5.74) is 1.92. The van der Waals surface area contributed by atoms with Crippen molar-refractivity contribution in [3.05, 3.63) is 63.6 Å². The number of β-amino-alcohol motifs (C(OH)–C–C–N with tert-alkyl or cyclic N) is 1. The largest absolute Gasteiger partial charge is 0.496 e. The van der Waals surface area contributed by atoms with Crippen LogP contribution in [0.3, 0.4) is 0 Å². The Hall–Kier alpha value is -2.38. The Kier molecular flexibility index (Phi) is 6.11. The third-order valence-corrected chi connectivity index (χ3v) is 6.37. The quantitative estimate of drug-likeness (QED) is 0.673. The van der Waals surface area contributed by atoms with Crippen molar-refractivity contribution in [3.63, 3.8) is 0 Å². The van der Waals surface area contributed by atoms with E-state index in [9.17, 15) is 14.7 Å². The Balaban J connectivity index is 1.56. The zero-order valence-corrected chi connectivity index (χ0v) is 18.4. The van der Waals surface area contributed by atoms with Crippen molar-refractivity contribution in [2.24, 2.45) is 5.92 Å². The number of benzene rings is 2. The molecule has 1 aliphatic carbocycles. The standard InChI is InChI=1S/C23H25BrN2O4/c1-30-21-10-17(7-8-19(21)24)23(29)26-13-18(27)11-20(26)15-3-2-4-16(9-15)22(28)25-12-14-5-6-14/h2-4,7-10,14,18,20,27H,5-6,11-13H2,1H3,(H,25,28). The minimum atomic E-state index is -0.608. The van der Waals surface area contributed by atoms with Crippen molar-refractivity contribution >= 4 is 27.7 Å². The van der Waals surface area contributed by atoms with Gasteiger partial charge in [-0.05, 0) is 77.0 Å². The summed E-state index contributed by atoms with van der Waals surface area (Å²) < 4.78 is 6.07. The molecule has 1 saturated carbocycles. The van der Waals surface area contributed by atoms with Crippen LogP contribution in [-0.2, 0) is 0 Å². The molecule has 0 bridgehead atoms. The number of methoxy groups -OCH3 is 1. The highest BCUT2D eigenvalue weighted by atomic mass is 79.9. The van der Waals surface area contributed by atoms with Crippen LogP contribution in [-0.4, -0.2) is 48.1 Å². The number of nitrogens with zero attached hydrogens (tertiary/aromatic N) is 1. The van der Waals surface area contributed by atoms with Gasteiger partial charge in [0.15, 0.2) is 0 Å². The topological polar surface area (TPSA) is 78.9 Å². The summed E-state index contributed by atoms with van der Waals surface area (Å²) in [4.78, 5) is 27.4. The molecule has 2 fully saturated rings. The molecule has 0 radical (unpaired) electrons. The number of ether oxygens (including phenoxy) is 1. The fraction of sp³-hybridized carbons (Fsp3) is 0.391. The van der Waals surface area contributed by atoms with Gasteiger partial charge in [0.2, 0.25) is 0 Å². The summed E-state index contributed by atoms with van der Waals surface area (Å²) in [6, 6.07) is 12.3. The van der Waals surface area contributed by atoms with Crippen LogP contribution in [0.15, 0.2) is 46.9 Å². The van der Waals surface area contributed by atoms with E-state index in [0.717, 1.165) is 10.0 Å². The molecule has 1 aliphatic heterocycles. The van der Waals surface area contributed by atoms with E-state index in [4.69, 9.17) is 4.74 Å². The monoisotopic (exact) mass is 472 g/mol. The molecule has 0 aromatic heterocycles. The molecule has 2 aliphatic rings. The van der Waals surface area contributed by atoms with E-state index >= 15 is 0 Å². The van der Waals surface area contributed by atoms with Gasteiger partial charge >= 0.3 is 0 Å². The first-order valence-electron chi connectivity index (χ1n) is 10.2. The van der Waals surface area contributed by atoms with Gasteiger partial charge in [0.1, 0.15) is 5.75 Å². The smallest absolute Gasteiger partial charge is 0.254 e. The van der Waals surface area contributed by atoms with Gasteiger partial charge in [-0.25, -0.2) is 0 Å². The van der Waals surface area contributed by atoms with E-state index in [2.05, 4.69) is 21.2 Å². The molecular weight excluding hydrogens is 448 g/mol. The Bertz CT molecular complexity index is 960. The lowest BCUT2D eigenvalue weighted by Crippen LogP contribution is -2.32. The number of nitrogens with one attached hydrogen (secondary N) is 1. The Morgan fingerprint density at radius 3 is 2.73 bits per heavy atom. The Morgan fingerprint density at radius 1 is 1.20 bits per heavy atom. The van der Waals surface area contributed by atoms with Gasteiger partial charge in [-0.15, -0.1) is 0 Å². The average Bonchev–Trinajstić information content (AvgIpc) is 3.51. The maximum Gasteiger partial charge on any atom is 0.254 e. The van der Waals surface area contributed by atoms with Crippen molar-refractivity contribution in [1.82, 2.24) is 10.2 Å². The summed E-state index contributed by atoms with van der Waals surface area (Å²) in [6.07, 6.45) is 2.19. The first-order valence-corrected chi connectivity index (χ1v) is 11.0. The van der Waals surface area contributed by atoms with Crippen molar-refractivity contribution < 1.29 is 19.4 Å². The van der Waals surface area contributed by atoms with Gasteiger partial charge in [-0.2, -0.15) is 0 Å². The molecule has 2 N–H and O–H groups in total. The number of likely N-dealkylation sites (tertiary alicyclic amines) is 1. The normalized spacial score (nSPS) is 20.8. The first-order chi connectivity index (χ1) is 14.5. The number of amides is 2. The number of halogens is 1. The molecule has 4 rings (SSSR count). The van der Waals surface area contributed by atoms with Gasteiger partial charge < -0.3 is 20.1 Å². The van der Waals surface area contributed by atoms with Crippen molar-refractivity contribution in [2.75, 3.05) is 20.2 Å². The van der Waals surface area contributed by atoms with E-state index in [1.165, 1.54) is 12.8 Å². The van der Waals surface area contributed by atoms with Gasteiger partial charge in [0.05, 0.1) is 23.7 Å². The van der Waals surface area contributed by atoms with E-state index in [1.54, 1.807) is 36.3 Å². The number of aliphatic hydroxyl groups is 1. The summed E-state index contributed by atoms with van der Waals surface area (Å²) in [5, 5.41) is 13.3. The number of carbonyl (C=O) groups excluding carboxylic acids is 2. The summed E-state index contributed by atoms with van der Waals surface area (Å²) in [5.74, 6) is 0.911. The van der Waals surface area contributed by atoms with E-state index in [1.807, 2.05) is 18.2 Å². The molecule has 1 heterocycles. The molecule has 1 saturated heterocycles.